The fourth-order valence-electron chi connectivity index (χ4n) is 2.87. The van der Waals surface area contributed by atoms with Crippen LogP contribution >= 0.6 is 0 Å². The van der Waals surface area contributed by atoms with Crippen LogP contribution in [-0.4, -0.2) is 21.2 Å². The highest BCUT2D eigenvalue weighted by Gasteiger charge is 2.24. The van der Waals surface area contributed by atoms with Crippen molar-refractivity contribution in [2.24, 2.45) is 7.05 Å². The number of benzene rings is 1. The van der Waals surface area contributed by atoms with Crippen molar-refractivity contribution in [2.45, 2.75) is 26.3 Å². The molecule has 0 atom stereocenters. The number of methoxy groups -OCH3 is 1. The summed E-state index contributed by atoms with van der Waals surface area (Å²) in [4.78, 5) is 28.8. The third-order valence-electron chi connectivity index (χ3n) is 4.09. The first-order chi connectivity index (χ1) is 11.1. The molecule has 0 N–H and O–H groups in total. The molecule has 0 unspecified atom stereocenters. The third-order valence-corrected chi connectivity index (χ3v) is 4.09. The van der Waals surface area contributed by atoms with E-state index in [2.05, 4.69) is 11.9 Å². The summed E-state index contributed by atoms with van der Waals surface area (Å²) in [5.74, 6) is 0.860. The molecule has 0 radical (unpaired) electrons. The smallest absolute Gasteiger partial charge is 0.352 e. The van der Waals surface area contributed by atoms with E-state index in [0.29, 0.717) is 23.7 Å². The van der Waals surface area contributed by atoms with Gasteiger partial charge < -0.3 is 9.30 Å². The van der Waals surface area contributed by atoms with Gasteiger partial charge in [0.2, 0.25) is 0 Å². The molecule has 1 aromatic rings. The first-order valence-electron chi connectivity index (χ1n) is 7.66. The summed E-state index contributed by atoms with van der Waals surface area (Å²) in [5.41, 5.74) is 0.327. The number of hydrogen-bond acceptors (Lipinski definition) is 4. The second-order valence-electron chi connectivity index (χ2n) is 5.51. The molecule has 3 rings (SSSR count). The predicted molar refractivity (Wildman–Crippen MR) is 89.3 cm³/mol. The maximum atomic E-state index is 12.6. The van der Waals surface area contributed by atoms with Crippen LogP contribution in [0.4, 0.5) is 0 Å². The molecule has 2 aliphatic heterocycles. The van der Waals surface area contributed by atoms with E-state index in [1.54, 1.807) is 0 Å². The molecule has 0 spiro atoms. The monoisotopic (exact) mass is 313 g/mol. The van der Waals surface area contributed by atoms with Crippen LogP contribution in [0.2, 0.25) is 0 Å². The molecular weight excluding hydrogens is 294 g/mol. The molecule has 0 bridgehead atoms. The summed E-state index contributed by atoms with van der Waals surface area (Å²) >= 11 is 0. The zero-order valence-corrected chi connectivity index (χ0v) is 13.5. The number of nitrogens with zero attached hydrogens (tertiary/aromatic N) is 3. The highest BCUT2D eigenvalue weighted by Crippen LogP contribution is 2.35. The van der Waals surface area contributed by atoms with Crippen molar-refractivity contribution >= 4 is 10.9 Å². The second-order valence-corrected chi connectivity index (χ2v) is 5.51. The van der Waals surface area contributed by atoms with Crippen LogP contribution in [0.15, 0.2) is 33.9 Å². The molecule has 2 aliphatic rings. The molecule has 0 saturated carbocycles. The average molecular weight is 313 g/mol. The van der Waals surface area contributed by atoms with E-state index in [1.807, 2.05) is 28.8 Å². The van der Waals surface area contributed by atoms with Gasteiger partial charge in [-0.05, 0) is 18.6 Å². The van der Waals surface area contributed by atoms with E-state index in [-0.39, 0.29) is 5.56 Å². The summed E-state index contributed by atoms with van der Waals surface area (Å²) < 4.78 is 8.47. The first-order valence-corrected chi connectivity index (χ1v) is 7.66. The molecule has 120 valence electrons. The van der Waals surface area contributed by atoms with E-state index in [4.69, 9.17) is 4.74 Å². The summed E-state index contributed by atoms with van der Waals surface area (Å²) in [7, 11) is 2.96. The van der Waals surface area contributed by atoms with Gasteiger partial charge in [0.15, 0.2) is 5.82 Å². The van der Waals surface area contributed by atoms with E-state index in [0.717, 1.165) is 28.3 Å². The summed E-state index contributed by atoms with van der Waals surface area (Å²) in [6, 6.07) is 7.70. The minimum absolute atomic E-state index is 0.351. The van der Waals surface area contributed by atoms with Crippen LogP contribution < -0.4 is 16.0 Å². The summed E-state index contributed by atoms with van der Waals surface area (Å²) in [6.07, 6.45) is 1.94. The minimum Gasteiger partial charge on any atom is -0.495 e. The Labute approximate surface area is 133 Å². The van der Waals surface area contributed by atoms with Crippen LogP contribution in [0.25, 0.3) is 22.3 Å². The number of ether oxygens (including phenoxy) is 1. The number of aryl methyl sites for hydroxylation is 1. The lowest BCUT2D eigenvalue weighted by molar-refractivity contribution is 0.418. The standard InChI is InChI=1S/C17H19N3O3/c1-4-5-10-20-12-9-7-6-8-11(12)14(23-3)13-15(20)18-17(22)19(2)16(13)21/h6-9H,4-5,10H2,1-3H3. The Morgan fingerprint density at radius 3 is 2.65 bits per heavy atom. The lowest BCUT2D eigenvalue weighted by atomic mass is 10.1. The number of para-hydroxylation sites is 1. The number of rotatable bonds is 4. The second kappa shape index (κ2) is 5.87. The maximum Gasteiger partial charge on any atom is 0.352 e. The Kier molecular flexibility index (Phi) is 3.90. The van der Waals surface area contributed by atoms with E-state index < -0.39 is 5.69 Å². The van der Waals surface area contributed by atoms with E-state index in [9.17, 15) is 9.59 Å². The molecule has 1 aromatic carbocycles. The molecule has 0 fully saturated rings. The molecule has 6 heteroatoms. The Morgan fingerprint density at radius 1 is 1.22 bits per heavy atom. The van der Waals surface area contributed by atoms with Gasteiger partial charge in [-0.3, -0.25) is 9.36 Å². The van der Waals surface area contributed by atoms with Crippen molar-refractivity contribution in [1.82, 2.24) is 14.1 Å². The first kappa shape index (κ1) is 15.3. The quantitative estimate of drug-likeness (QED) is 0.691. The van der Waals surface area contributed by atoms with Gasteiger partial charge >= 0.3 is 5.69 Å². The lowest BCUT2D eigenvalue weighted by Gasteiger charge is -2.21. The molecular formula is C17H19N3O3. The van der Waals surface area contributed by atoms with Crippen molar-refractivity contribution in [3.8, 4) is 17.1 Å². The van der Waals surface area contributed by atoms with Gasteiger partial charge in [-0.15, -0.1) is 0 Å². The molecule has 23 heavy (non-hydrogen) atoms. The maximum absolute atomic E-state index is 12.6. The fourth-order valence-corrected chi connectivity index (χ4v) is 2.87. The minimum atomic E-state index is -0.551. The van der Waals surface area contributed by atoms with Crippen molar-refractivity contribution < 1.29 is 4.74 Å². The zero-order valence-electron chi connectivity index (χ0n) is 13.5. The lowest BCUT2D eigenvalue weighted by Crippen LogP contribution is -2.36. The SMILES string of the molecule is CCCCn1c2nc(=O)n(C)c(=O)c-2c(OC)c2ccccc21. The van der Waals surface area contributed by atoms with Gasteiger partial charge in [-0.25, -0.2) is 4.79 Å². The van der Waals surface area contributed by atoms with Crippen LogP contribution in [-0.2, 0) is 13.6 Å². The molecule has 0 amide bonds. The number of aromatic nitrogens is 3. The Balaban J connectivity index is 2.56. The molecule has 2 heterocycles. The highest BCUT2D eigenvalue weighted by atomic mass is 16.5. The average Bonchev–Trinajstić information content (AvgIpc) is 2.57. The van der Waals surface area contributed by atoms with Gasteiger partial charge in [-0.2, -0.15) is 4.98 Å². The molecule has 6 nitrogen and oxygen atoms in total. The Bertz CT molecular complexity index is 956. The van der Waals surface area contributed by atoms with Crippen molar-refractivity contribution in [2.75, 3.05) is 7.11 Å². The van der Waals surface area contributed by atoms with Gasteiger partial charge in [0.25, 0.3) is 5.56 Å². The largest absolute Gasteiger partial charge is 0.495 e. The normalized spacial score (nSPS) is 11.3. The van der Waals surface area contributed by atoms with Crippen molar-refractivity contribution in [3.63, 3.8) is 0 Å². The van der Waals surface area contributed by atoms with Crippen LogP contribution in [0.5, 0.6) is 5.75 Å². The Morgan fingerprint density at radius 2 is 1.96 bits per heavy atom. The fraction of sp³-hybridized carbons (Fsp3) is 0.353. The van der Waals surface area contributed by atoms with Gasteiger partial charge in [0.1, 0.15) is 11.3 Å². The zero-order chi connectivity index (χ0) is 16.6. The van der Waals surface area contributed by atoms with Crippen LogP contribution in [0.3, 0.4) is 0 Å². The van der Waals surface area contributed by atoms with Crippen LogP contribution in [0.1, 0.15) is 19.8 Å². The number of pyridine rings is 1. The summed E-state index contributed by atoms with van der Waals surface area (Å²) in [6.45, 7) is 2.79. The van der Waals surface area contributed by atoms with Crippen LogP contribution in [0, 0.1) is 0 Å². The van der Waals surface area contributed by atoms with Crippen molar-refractivity contribution in [3.05, 3.63) is 45.1 Å². The van der Waals surface area contributed by atoms with Gasteiger partial charge in [0, 0.05) is 19.0 Å². The van der Waals surface area contributed by atoms with E-state index >= 15 is 0 Å². The molecule has 0 aromatic heterocycles. The number of unbranched alkanes of at least 4 members (excludes halogenated alkanes) is 1. The molecule has 0 aliphatic carbocycles. The van der Waals surface area contributed by atoms with E-state index in [1.165, 1.54) is 14.2 Å². The third kappa shape index (κ3) is 2.30. The number of fused-ring (bicyclic) bond motifs is 2. The number of hydrogen-bond donors (Lipinski definition) is 0. The Hall–Kier alpha value is -2.63. The topological polar surface area (TPSA) is 66.1 Å². The van der Waals surface area contributed by atoms with Gasteiger partial charge in [-0.1, -0.05) is 25.5 Å². The summed E-state index contributed by atoms with van der Waals surface area (Å²) in [5, 5.41) is 0.844. The van der Waals surface area contributed by atoms with Gasteiger partial charge in [0.05, 0.1) is 12.6 Å². The predicted octanol–water partition coefficient (Wildman–Crippen LogP) is 2.01. The van der Waals surface area contributed by atoms with Crippen molar-refractivity contribution in [1.29, 1.82) is 0 Å². The highest BCUT2D eigenvalue weighted by molar-refractivity contribution is 5.93. The molecule has 0 saturated heterocycles.